The highest BCUT2D eigenvalue weighted by molar-refractivity contribution is 14.1. The lowest BCUT2D eigenvalue weighted by atomic mass is 9.96. The number of rotatable bonds is 3. The highest BCUT2D eigenvalue weighted by Crippen LogP contribution is 2.34. The van der Waals surface area contributed by atoms with Crippen molar-refractivity contribution in [2.75, 3.05) is 4.90 Å². The molecule has 0 aliphatic carbocycles. The first-order valence-electron chi connectivity index (χ1n) is 6.80. The molecule has 0 N–H and O–H groups in total. The molecule has 0 aliphatic rings. The fourth-order valence-electron chi connectivity index (χ4n) is 2.25. The third kappa shape index (κ3) is 3.55. The zero-order valence-electron chi connectivity index (χ0n) is 11.7. The number of hydrogen-bond donors (Lipinski definition) is 0. The summed E-state index contributed by atoms with van der Waals surface area (Å²) in [5, 5.41) is 0. The van der Waals surface area contributed by atoms with Gasteiger partial charge in [0.15, 0.2) is 0 Å². The van der Waals surface area contributed by atoms with Crippen molar-refractivity contribution < 1.29 is 0 Å². The van der Waals surface area contributed by atoms with Gasteiger partial charge >= 0.3 is 0 Å². The van der Waals surface area contributed by atoms with Crippen molar-refractivity contribution >= 4 is 68.9 Å². The number of anilines is 3. The van der Waals surface area contributed by atoms with Crippen LogP contribution in [-0.2, 0) is 0 Å². The van der Waals surface area contributed by atoms with Gasteiger partial charge in [-0.2, -0.15) is 0 Å². The lowest BCUT2D eigenvalue weighted by molar-refractivity contribution is 1.28. The average molecular weight is 460 g/mol. The Morgan fingerprint density at radius 1 is 0.682 bits per heavy atom. The monoisotopic (exact) mass is 459 g/mol. The molecule has 3 aromatic rings. The standard InChI is InChI=1S/C18H12BBrIN/c19-13-1-7-16(8-2-13)22(17-9-3-14(20)4-10-17)18-11-5-15(21)6-12-18/h1-12H. The molecule has 0 spiro atoms. The van der Waals surface area contributed by atoms with Crippen LogP contribution >= 0.6 is 38.5 Å². The topological polar surface area (TPSA) is 3.24 Å². The molecule has 1 nitrogen and oxygen atoms in total. The molecule has 0 aliphatic heterocycles. The number of hydrogen-bond acceptors (Lipinski definition) is 1. The van der Waals surface area contributed by atoms with E-state index >= 15 is 0 Å². The van der Waals surface area contributed by atoms with Crippen LogP contribution in [0.5, 0.6) is 0 Å². The Kier molecular flexibility index (Phi) is 4.88. The van der Waals surface area contributed by atoms with E-state index in [4.69, 9.17) is 7.85 Å². The van der Waals surface area contributed by atoms with Crippen molar-refractivity contribution in [1.29, 1.82) is 0 Å². The molecule has 0 heterocycles. The van der Waals surface area contributed by atoms with Crippen molar-refractivity contribution in [3.63, 3.8) is 0 Å². The third-order valence-electron chi connectivity index (χ3n) is 3.32. The quantitative estimate of drug-likeness (QED) is 0.378. The predicted molar refractivity (Wildman–Crippen MR) is 107 cm³/mol. The Hall–Kier alpha value is -1.27. The molecule has 0 amide bonds. The fourth-order valence-corrected chi connectivity index (χ4v) is 2.87. The molecular formula is C18H12BBrIN. The summed E-state index contributed by atoms with van der Waals surface area (Å²) in [5.74, 6) is 0. The van der Waals surface area contributed by atoms with Crippen molar-refractivity contribution in [2.45, 2.75) is 0 Å². The normalized spacial score (nSPS) is 10.5. The van der Waals surface area contributed by atoms with E-state index in [0.717, 1.165) is 27.0 Å². The van der Waals surface area contributed by atoms with Crippen LogP contribution in [0.15, 0.2) is 77.3 Å². The summed E-state index contributed by atoms with van der Waals surface area (Å²) in [4.78, 5) is 2.21. The minimum atomic E-state index is 0.766. The van der Waals surface area contributed by atoms with Gasteiger partial charge in [-0.1, -0.05) is 33.5 Å². The molecule has 3 aromatic carbocycles. The molecule has 0 saturated heterocycles. The van der Waals surface area contributed by atoms with Crippen LogP contribution in [0.2, 0.25) is 0 Å². The summed E-state index contributed by atoms with van der Waals surface area (Å²) >= 11 is 5.81. The summed E-state index contributed by atoms with van der Waals surface area (Å²) in [6.07, 6.45) is 0. The summed E-state index contributed by atoms with van der Waals surface area (Å²) in [7, 11) is 5.82. The van der Waals surface area contributed by atoms with E-state index in [1.54, 1.807) is 0 Å². The van der Waals surface area contributed by atoms with E-state index in [2.05, 4.69) is 79.8 Å². The first-order valence-corrected chi connectivity index (χ1v) is 8.67. The van der Waals surface area contributed by atoms with Crippen LogP contribution in [0.3, 0.4) is 0 Å². The molecule has 0 saturated carbocycles. The Morgan fingerprint density at radius 3 is 1.59 bits per heavy atom. The average Bonchev–Trinajstić information content (AvgIpc) is 2.53. The van der Waals surface area contributed by atoms with Crippen LogP contribution in [0.25, 0.3) is 0 Å². The van der Waals surface area contributed by atoms with E-state index in [1.807, 2.05) is 36.4 Å². The molecule has 3 rings (SSSR count). The molecule has 0 fully saturated rings. The van der Waals surface area contributed by atoms with Gasteiger partial charge in [0, 0.05) is 25.1 Å². The molecular weight excluding hydrogens is 448 g/mol. The largest absolute Gasteiger partial charge is 0.311 e. The van der Waals surface area contributed by atoms with Gasteiger partial charge in [-0.15, -0.1) is 0 Å². The van der Waals surface area contributed by atoms with Crippen molar-refractivity contribution in [3.05, 3.63) is 80.8 Å². The van der Waals surface area contributed by atoms with Gasteiger partial charge < -0.3 is 4.90 Å². The maximum Gasteiger partial charge on any atom is 0.113 e. The van der Waals surface area contributed by atoms with Crippen LogP contribution < -0.4 is 10.4 Å². The summed E-state index contributed by atoms with van der Waals surface area (Å²) in [6, 6.07) is 24.7. The van der Waals surface area contributed by atoms with Gasteiger partial charge in [0.1, 0.15) is 7.85 Å². The van der Waals surface area contributed by atoms with E-state index in [-0.39, 0.29) is 0 Å². The van der Waals surface area contributed by atoms with Crippen LogP contribution in [0.4, 0.5) is 17.1 Å². The number of benzene rings is 3. The number of halogens is 2. The fraction of sp³-hybridized carbons (Fsp3) is 0. The van der Waals surface area contributed by atoms with Gasteiger partial charge in [-0.05, 0) is 83.3 Å². The second-order valence-electron chi connectivity index (χ2n) is 4.88. The van der Waals surface area contributed by atoms with E-state index in [1.165, 1.54) is 3.57 Å². The lowest BCUT2D eigenvalue weighted by Crippen LogP contribution is -2.11. The minimum absolute atomic E-state index is 0.766. The van der Waals surface area contributed by atoms with Gasteiger partial charge in [-0.3, -0.25) is 0 Å². The molecule has 22 heavy (non-hydrogen) atoms. The van der Waals surface area contributed by atoms with Gasteiger partial charge in [0.25, 0.3) is 0 Å². The van der Waals surface area contributed by atoms with E-state index in [0.29, 0.717) is 0 Å². The highest BCUT2D eigenvalue weighted by Gasteiger charge is 2.11. The Bertz CT molecular complexity index is 646. The van der Waals surface area contributed by atoms with Crippen LogP contribution in [-0.4, -0.2) is 7.85 Å². The Balaban J connectivity index is 2.10. The molecule has 0 aromatic heterocycles. The van der Waals surface area contributed by atoms with E-state index < -0.39 is 0 Å². The van der Waals surface area contributed by atoms with Gasteiger partial charge in [0.05, 0.1) is 0 Å². The molecule has 106 valence electrons. The minimum Gasteiger partial charge on any atom is -0.311 e. The highest BCUT2D eigenvalue weighted by atomic mass is 127. The first kappa shape index (κ1) is 15.6. The third-order valence-corrected chi connectivity index (χ3v) is 4.57. The predicted octanol–water partition coefficient (Wildman–Crippen LogP) is 5.32. The molecule has 0 atom stereocenters. The van der Waals surface area contributed by atoms with Crippen molar-refractivity contribution in [2.24, 2.45) is 0 Å². The first-order chi connectivity index (χ1) is 10.6. The SMILES string of the molecule is [B]c1ccc(N(c2ccc(Br)cc2)c2ccc(I)cc2)cc1. The second kappa shape index (κ2) is 6.88. The van der Waals surface area contributed by atoms with Crippen molar-refractivity contribution in [1.82, 2.24) is 0 Å². The molecule has 2 radical (unpaired) electrons. The lowest BCUT2D eigenvalue weighted by Gasteiger charge is -2.25. The smallest absolute Gasteiger partial charge is 0.113 e. The Labute approximate surface area is 154 Å². The zero-order valence-corrected chi connectivity index (χ0v) is 15.5. The van der Waals surface area contributed by atoms with E-state index in [9.17, 15) is 0 Å². The van der Waals surface area contributed by atoms with Crippen molar-refractivity contribution in [3.8, 4) is 0 Å². The summed E-state index contributed by atoms with van der Waals surface area (Å²) < 4.78 is 2.28. The molecule has 0 unspecified atom stereocenters. The van der Waals surface area contributed by atoms with Gasteiger partial charge in [-0.25, -0.2) is 0 Å². The molecule has 4 heteroatoms. The van der Waals surface area contributed by atoms with Crippen LogP contribution in [0, 0.1) is 3.57 Å². The second-order valence-corrected chi connectivity index (χ2v) is 7.04. The van der Waals surface area contributed by atoms with Crippen LogP contribution in [0.1, 0.15) is 0 Å². The van der Waals surface area contributed by atoms with Gasteiger partial charge in [0.2, 0.25) is 0 Å². The summed E-state index contributed by atoms with van der Waals surface area (Å²) in [6.45, 7) is 0. The maximum absolute atomic E-state index is 5.82. The summed E-state index contributed by atoms with van der Waals surface area (Å²) in [5.41, 5.74) is 4.07. The Morgan fingerprint density at radius 2 is 1.09 bits per heavy atom. The zero-order chi connectivity index (χ0) is 15.5. The number of nitrogens with zero attached hydrogens (tertiary/aromatic N) is 1. The maximum atomic E-state index is 5.82. The molecule has 0 bridgehead atoms.